The van der Waals surface area contributed by atoms with Gasteiger partial charge in [0.15, 0.2) is 27.7 Å². The standard InChI is InChI=1S/C26H12N2O3S/c1-27-17-8-6-14(7-9-17)22-13-21-26(32-22)28-23(31-21)12-20-24(29)18-10-15-4-2-3-5-16(15)11-19(18)25(20)30/h2-13H. The predicted octanol–water partition coefficient (Wildman–Crippen LogP) is 6.72. The van der Waals surface area contributed by atoms with Crippen LogP contribution >= 0.6 is 11.3 Å². The van der Waals surface area contributed by atoms with E-state index in [-0.39, 0.29) is 23.0 Å². The minimum absolute atomic E-state index is 0.0687. The minimum atomic E-state index is -0.308. The number of Topliss-reactive ketones (excluding diaryl/α,β-unsaturated/α-hetero) is 2. The van der Waals surface area contributed by atoms with Crippen LogP contribution in [0.4, 0.5) is 5.69 Å². The highest BCUT2D eigenvalue weighted by Gasteiger charge is 2.34. The van der Waals surface area contributed by atoms with Crippen LogP contribution in [0.5, 0.6) is 0 Å². The molecule has 1 aliphatic rings. The Labute approximate surface area is 186 Å². The van der Waals surface area contributed by atoms with Crippen molar-refractivity contribution in [3.8, 4) is 10.4 Å². The fourth-order valence-corrected chi connectivity index (χ4v) is 4.88. The highest BCUT2D eigenvalue weighted by atomic mass is 32.1. The van der Waals surface area contributed by atoms with Crippen LogP contribution in [0.25, 0.3) is 42.5 Å². The van der Waals surface area contributed by atoms with Crippen LogP contribution in [-0.4, -0.2) is 16.6 Å². The summed E-state index contributed by atoms with van der Waals surface area (Å²) in [6.07, 6.45) is 1.44. The van der Waals surface area contributed by atoms with Crippen molar-refractivity contribution in [1.82, 2.24) is 4.98 Å². The van der Waals surface area contributed by atoms with Gasteiger partial charge < -0.3 is 4.42 Å². The minimum Gasteiger partial charge on any atom is -0.436 e. The predicted molar refractivity (Wildman–Crippen MR) is 124 cm³/mol. The van der Waals surface area contributed by atoms with Crippen LogP contribution in [0.3, 0.4) is 0 Å². The van der Waals surface area contributed by atoms with Crippen molar-refractivity contribution in [2.75, 3.05) is 0 Å². The van der Waals surface area contributed by atoms with E-state index in [1.165, 1.54) is 17.4 Å². The number of rotatable bonds is 2. The van der Waals surface area contributed by atoms with E-state index < -0.39 is 0 Å². The Hall–Kier alpha value is -4.34. The summed E-state index contributed by atoms with van der Waals surface area (Å²) in [5, 5.41) is 1.84. The zero-order chi connectivity index (χ0) is 21.8. The van der Waals surface area contributed by atoms with Crippen molar-refractivity contribution < 1.29 is 14.0 Å². The number of hydrogen-bond donors (Lipinski definition) is 0. The van der Waals surface area contributed by atoms with Crippen LogP contribution in [-0.2, 0) is 0 Å². The second-order valence-electron chi connectivity index (χ2n) is 7.45. The molecule has 0 saturated carbocycles. The molecule has 0 fully saturated rings. The maximum absolute atomic E-state index is 12.9. The first-order chi connectivity index (χ1) is 15.6. The van der Waals surface area contributed by atoms with Gasteiger partial charge in [-0.2, -0.15) is 4.98 Å². The van der Waals surface area contributed by atoms with E-state index in [4.69, 9.17) is 11.0 Å². The number of carbonyl (C=O) groups excluding carboxylic acids is 2. The van der Waals surface area contributed by atoms with E-state index >= 15 is 0 Å². The fourth-order valence-electron chi connectivity index (χ4n) is 3.92. The van der Waals surface area contributed by atoms with E-state index in [0.717, 1.165) is 21.2 Å². The molecule has 32 heavy (non-hydrogen) atoms. The van der Waals surface area contributed by atoms with Gasteiger partial charge in [-0.15, -0.1) is 11.3 Å². The molecule has 5 aromatic rings. The average Bonchev–Trinajstić information content (AvgIpc) is 3.45. The Kier molecular flexibility index (Phi) is 3.94. The number of nitrogens with zero attached hydrogens (tertiary/aromatic N) is 2. The van der Waals surface area contributed by atoms with Gasteiger partial charge in [0.25, 0.3) is 0 Å². The molecule has 0 amide bonds. The smallest absolute Gasteiger partial charge is 0.221 e. The lowest BCUT2D eigenvalue weighted by Gasteiger charge is -2.00. The summed E-state index contributed by atoms with van der Waals surface area (Å²) in [7, 11) is 0. The molecular weight excluding hydrogens is 420 g/mol. The van der Waals surface area contributed by atoms with E-state index in [2.05, 4.69) is 9.83 Å². The van der Waals surface area contributed by atoms with Crippen LogP contribution in [0, 0.1) is 6.57 Å². The number of aromatic nitrogens is 1. The lowest BCUT2D eigenvalue weighted by Crippen LogP contribution is -2.00. The Morgan fingerprint density at radius 1 is 0.906 bits per heavy atom. The number of allylic oxidation sites excluding steroid dienone is 1. The molecule has 3 aromatic carbocycles. The summed E-state index contributed by atoms with van der Waals surface area (Å²) < 4.78 is 5.82. The lowest BCUT2D eigenvalue weighted by molar-refractivity contribution is 0.0990. The van der Waals surface area contributed by atoms with Gasteiger partial charge in [-0.25, -0.2) is 4.85 Å². The fraction of sp³-hybridized carbons (Fsp3) is 0. The van der Waals surface area contributed by atoms with Crippen molar-refractivity contribution in [2.24, 2.45) is 0 Å². The number of benzene rings is 3. The van der Waals surface area contributed by atoms with Gasteiger partial charge in [0.05, 0.1) is 12.1 Å². The van der Waals surface area contributed by atoms with Gasteiger partial charge in [-0.3, -0.25) is 9.59 Å². The average molecular weight is 432 g/mol. The summed E-state index contributed by atoms with van der Waals surface area (Å²) in [6, 6.07) is 20.4. The summed E-state index contributed by atoms with van der Waals surface area (Å²) in [5.74, 6) is -0.383. The van der Waals surface area contributed by atoms with Crippen molar-refractivity contribution >= 4 is 55.9 Å². The molecule has 0 bridgehead atoms. The molecule has 0 aliphatic heterocycles. The second-order valence-corrected chi connectivity index (χ2v) is 8.48. The maximum Gasteiger partial charge on any atom is 0.221 e. The highest BCUT2D eigenvalue weighted by Crippen LogP contribution is 2.36. The molecule has 150 valence electrons. The number of thiophene rings is 1. The van der Waals surface area contributed by atoms with Crippen LogP contribution < -0.4 is 0 Å². The third-order valence-corrected chi connectivity index (χ3v) is 6.58. The van der Waals surface area contributed by atoms with Gasteiger partial charge >= 0.3 is 0 Å². The molecule has 6 heteroatoms. The molecule has 2 heterocycles. The summed E-state index contributed by atoms with van der Waals surface area (Å²) in [5.41, 5.74) is 3.04. The van der Waals surface area contributed by atoms with E-state index in [0.29, 0.717) is 27.2 Å². The quantitative estimate of drug-likeness (QED) is 0.176. The molecule has 0 unspecified atom stereocenters. The van der Waals surface area contributed by atoms with Crippen LogP contribution in [0.1, 0.15) is 26.6 Å². The van der Waals surface area contributed by atoms with E-state index in [9.17, 15) is 9.59 Å². The van der Waals surface area contributed by atoms with E-state index in [1.807, 2.05) is 42.5 Å². The SMILES string of the molecule is [C-]#[N+]c1ccc(-c2cc3oc(C=C4C(=O)c5cc6ccccc6cc5C4=O)nc3s2)cc1. The van der Waals surface area contributed by atoms with Crippen LogP contribution in [0.15, 0.2) is 76.7 Å². The van der Waals surface area contributed by atoms with E-state index in [1.54, 1.807) is 24.3 Å². The van der Waals surface area contributed by atoms with Crippen molar-refractivity contribution in [1.29, 1.82) is 0 Å². The first-order valence-electron chi connectivity index (χ1n) is 9.83. The Balaban J connectivity index is 1.36. The van der Waals surface area contributed by atoms with Crippen molar-refractivity contribution in [3.63, 3.8) is 0 Å². The third kappa shape index (κ3) is 2.80. The normalized spacial score (nSPS) is 13.0. The van der Waals surface area contributed by atoms with Gasteiger partial charge in [0.2, 0.25) is 5.89 Å². The zero-order valence-electron chi connectivity index (χ0n) is 16.5. The first kappa shape index (κ1) is 18.4. The summed E-state index contributed by atoms with van der Waals surface area (Å²) >= 11 is 1.45. The van der Waals surface area contributed by atoms with Gasteiger partial charge in [-0.1, -0.05) is 48.5 Å². The molecule has 0 N–H and O–H groups in total. The molecule has 0 radical (unpaired) electrons. The molecule has 2 aromatic heterocycles. The largest absolute Gasteiger partial charge is 0.436 e. The molecular formula is C26H12N2O3S. The van der Waals surface area contributed by atoms with Gasteiger partial charge in [0, 0.05) is 28.1 Å². The molecule has 6 rings (SSSR count). The second kappa shape index (κ2) is 6.84. The number of ketones is 2. The summed E-state index contributed by atoms with van der Waals surface area (Å²) in [6.45, 7) is 7.06. The number of oxazole rings is 1. The molecule has 0 atom stereocenters. The Bertz CT molecular complexity index is 1580. The van der Waals surface area contributed by atoms with Crippen molar-refractivity contribution in [3.05, 3.63) is 101 Å². The lowest BCUT2D eigenvalue weighted by atomic mass is 10.0. The Morgan fingerprint density at radius 2 is 1.56 bits per heavy atom. The number of fused-ring (bicyclic) bond motifs is 3. The molecule has 1 aliphatic carbocycles. The number of hydrogen-bond acceptors (Lipinski definition) is 5. The topological polar surface area (TPSA) is 64.5 Å². The van der Waals surface area contributed by atoms with Gasteiger partial charge in [0.1, 0.15) is 0 Å². The maximum atomic E-state index is 12.9. The zero-order valence-corrected chi connectivity index (χ0v) is 17.3. The molecule has 5 nitrogen and oxygen atoms in total. The molecule has 0 spiro atoms. The molecule has 0 saturated heterocycles. The van der Waals surface area contributed by atoms with Gasteiger partial charge in [-0.05, 0) is 28.5 Å². The Morgan fingerprint density at radius 3 is 2.16 bits per heavy atom. The monoisotopic (exact) mass is 432 g/mol. The van der Waals surface area contributed by atoms with Crippen LogP contribution in [0.2, 0.25) is 0 Å². The summed E-state index contributed by atoms with van der Waals surface area (Å²) in [4.78, 5) is 35.4. The first-order valence-corrected chi connectivity index (χ1v) is 10.6. The number of carbonyl (C=O) groups is 2. The third-order valence-electron chi connectivity index (χ3n) is 5.52. The van der Waals surface area contributed by atoms with Crippen molar-refractivity contribution in [2.45, 2.75) is 0 Å². The highest BCUT2D eigenvalue weighted by molar-refractivity contribution is 7.21.